The minimum atomic E-state index is -3.08. The molecule has 0 aliphatic heterocycles. The quantitative estimate of drug-likeness (QED) is 0.411. The maximum Gasteiger partial charge on any atom is 0.154 e. The summed E-state index contributed by atoms with van der Waals surface area (Å²) in [7, 11) is 0. The van der Waals surface area contributed by atoms with Crippen LogP contribution in [0.25, 0.3) is 0 Å². The SMILES string of the molecule is F[C-](F)F.F[C-](F)F.[Cu].c1cn[n-]c1. The summed E-state index contributed by atoms with van der Waals surface area (Å²) < 4.78 is 57.5. The van der Waals surface area contributed by atoms with Crippen LogP contribution in [0, 0.1) is 13.4 Å². The van der Waals surface area contributed by atoms with Crippen LogP contribution in [-0.4, -0.2) is 5.10 Å². The van der Waals surface area contributed by atoms with Crippen molar-refractivity contribution in [3.05, 3.63) is 31.8 Å². The van der Waals surface area contributed by atoms with Crippen LogP contribution in [0.15, 0.2) is 18.5 Å². The summed E-state index contributed by atoms with van der Waals surface area (Å²) in [4.78, 5) is 0. The van der Waals surface area contributed by atoms with Crippen molar-refractivity contribution in [2.75, 3.05) is 0 Å². The molecule has 0 saturated heterocycles. The third-order valence-electron chi connectivity index (χ3n) is 0.372. The van der Waals surface area contributed by atoms with Crippen molar-refractivity contribution in [1.82, 2.24) is 10.2 Å². The van der Waals surface area contributed by atoms with Gasteiger partial charge in [0.25, 0.3) is 0 Å². The Morgan fingerprint density at radius 1 is 0.929 bits per heavy atom. The zero-order valence-electron chi connectivity index (χ0n) is 6.20. The second-order valence-electron chi connectivity index (χ2n) is 1.15. The largest absolute Gasteiger partial charge is 0.582 e. The Bertz CT molecular complexity index is 131. The van der Waals surface area contributed by atoms with Gasteiger partial charge in [-0.25, -0.2) is 0 Å². The van der Waals surface area contributed by atoms with Gasteiger partial charge in [-0.2, -0.15) is 6.20 Å². The first-order valence-electron chi connectivity index (χ1n) is 2.52. The third kappa shape index (κ3) is 64.7. The summed E-state index contributed by atoms with van der Waals surface area (Å²) in [6.07, 6.45) is 3.28. The Morgan fingerprint density at radius 3 is 1.36 bits per heavy atom. The second kappa shape index (κ2) is 14.8. The zero-order chi connectivity index (χ0) is 10.7. The molecular weight excluding hydrogens is 266 g/mol. The van der Waals surface area contributed by atoms with E-state index in [1.165, 1.54) is 0 Å². The van der Waals surface area contributed by atoms with E-state index in [1.54, 1.807) is 18.5 Å². The van der Waals surface area contributed by atoms with Gasteiger partial charge in [0.15, 0.2) is 13.4 Å². The second-order valence-corrected chi connectivity index (χ2v) is 1.15. The Kier molecular flexibility index (Phi) is 20.1. The first kappa shape index (κ1) is 19.0. The molecule has 2 nitrogen and oxygen atoms in total. The van der Waals surface area contributed by atoms with E-state index in [4.69, 9.17) is 0 Å². The fourth-order valence-corrected chi connectivity index (χ4v) is 0.192. The first-order chi connectivity index (χ1) is 5.96. The molecule has 0 aromatic carbocycles. The van der Waals surface area contributed by atoms with Crippen LogP contribution in [0.2, 0.25) is 0 Å². The van der Waals surface area contributed by atoms with E-state index in [9.17, 15) is 26.3 Å². The molecule has 1 aromatic heterocycles. The number of aromatic nitrogens is 2. The number of halogens is 6. The molecule has 0 bridgehead atoms. The average molecular weight is 269 g/mol. The Hall–Kier alpha value is -0.691. The molecule has 0 fully saturated rings. The van der Waals surface area contributed by atoms with E-state index < -0.39 is 13.4 Å². The molecule has 14 heavy (non-hydrogen) atoms. The Balaban J connectivity index is -0.000000127. The van der Waals surface area contributed by atoms with E-state index in [1.807, 2.05) is 0 Å². The van der Waals surface area contributed by atoms with Crippen LogP contribution in [0.3, 0.4) is 0 Å². The van der Waals surface area contributed by atoms with Gasteiger partial charge in [0.2, 0.25) is 0 Å². The van der Waals surface area contributed by atoms with Crippen LogP contribution < -0.4 is 5.10 Å². The van der Waals surface area contributed by atoms with E-state index in [0.717, 1.165) is 0 Å². The van der Waals surface area contributed by atoms with Crippen molar-refractivity contribution in [1.29, 1.82) is 0 Å². The summed E-state index contributed by atoms with van der Waals surface area (Å²) >= 11 is 0. The van der Waals surface area contributed by atoms with E-state index in [-0.39, 0.29) is 17.1 Å². The van der Waals surface area contributed by atoms with Crippen LogP contribution in [0.4, 0.5) is 26.3 Å². The van der Waals surface area contributed by atoms with Crippen molar-refractivity contribution in [3.63, 3.8) is 0 Å². The number of hydrogen-bond donors (Lipinski definition) is 0. The molecular formula is C5H3CuF6N2-3. The monoisotopic (exact) mass is 268 g/mol. The molecule has 0 N–H and O–H groups in total. The number of rotatable bonds is 0. The molecule has 0 aliphatic rings. The molecule has 1 heterocycles. The van der Waals surface area contributed by atoms with Crippen LogP contribution in [-0.2, 0) is 17.1 Å². The molecule has 0 unspecified atom stereocenters. The van der Waals surface area contributed by atoms with Gasteiger partial charge in [-0.05, 0) is 0 Å². The maximum atomic E-state index is 9.58. The summed E-state index contributed by atoms with van der Waals surface area (Å²) in [6.45, 7) is -6.17. The molecule has 1 aromatic rings. The van der Waals surface area contributed by atoms with E-state index in [0.29, 0.717) is 0 Å². The molecule has 0 amide bonds. The zero-order valence-corrected chi connectivity index (χ0v) is 7.14. The average Bonchev–Trinajstić information content (AvgIpc) is 2.35. The molecule has 0 spiro atoms. The predicted molar refractivity (Wildman–Crippen MR) is 30.7 cm³/mol. The van der Waals surface area contributed by atoms with Gasteiger partial charge in [0, 0.05) is 23.3 Å². The number of nitrogens with zero attached hydrogens (tertiary/aromatic N) is 2. The number of hydrogen-bond acceptors (Lipinski definition) is 1. The molecule has 0 atom stereocenters. The van der Waals surface area contributed by atoms with Gasteiger partial charge in [-0.3, -0.25) is 0 Å². The van der Waals surface area contributed by atoms with Crippen molar-refractivity contribution >= 4 is 0 Å². The summed E-state index contributed by atoms with van der Waals surface area (Å²) in [5, 5.41) is 6.94. The Morgan fingerprint density at radius 2 is 1.29 bits per heavy atom. The molecule has 1 rings (SSSR count). The molecule has 89 valence electrons. The summed E-state index contributed by atoms with van der Waals surface area (Å²) in [5.74, 6) is 0. The fourth-order valence-electron chi connectivity index (χ4n) is 0.192. The topological polar surface area (TPSA) is 27.0 Å². The van der Waals surface area contributed by atoms with Gasteiger partial charge in [-0.15, -0.1) is 0 Å². The minimum Gasteiger partial charge on any atom is -0.582 e. The summed E-state index contributed by atoms with van der Waals surface area (Å²) in [5.41, 5.74) is 0. The first-order valence-corrected chi connectivity index (χ1v) is 2.52. The summed E-state index contributed by atoms with van der Waals surface area (Å²) in [6, 6.07) is 1.78. The van der Waals surface area contributed by atoms with Crippen molar-refractivity contribution in [3.8, 4) is 0 Å². The van der Waals surface area contributed by atoms with Crippen molar-refractivity contribution < 1.29 is 43.4 Å². The Labute approximate surface area is 86.2 Å². The van der Waals surface area contributed by atoms with Crippen molar-refractivity contribution in [2.45, 2.75) is 0 Å². The van der Waals surface area contributed by atoms with Crippen LogP contribution in [0.1, 0.15) is 0 Å². The van der Waals surface area contributed by atoms with Gasteiger partial charge in [0.05, 0.1) is 0 Å². The van der Waals surface area contributed by atoms with Crippen LogP contribution >= 0.6 is 0 Å². The normalized spacial score (nSPS) is 8.00. The van der Waals surface area contributed by atoms with Crippen molar-refractivity contribution in [2.24, 2.45) is 0 Å². The molecule has 1 radical (unpaired) electrons. The minimum absolute atomic E-state index is 0. The van der Waals surface area contributed by atoms with Gasteiger partial charge < -0.3 is 36.5 Å². The molecule has 0 saturated carbocycles. The van der Waals surface area contributed by atoms with Gasteiger partial charge >= 0.3 is 0 Å². The van der Waals surface area contributed by atoms with E-state index in [2.05, 4.69) is 10.2 Å². The molecule has 0 aliphatic carbocycles. The van der Waals surface area contributed by atoms with Gasteiger partial charge in [-0.1, -0.05) is 6.07 Å². The van der Waals surface area contributed by atoms with E-state index >= 15 is 0 Å². The maximum absolute atomic E-state index is 9.58. The molecule has 9 heteroatoms. The third-order valence-corrected chi connectivity index (χ3v) is 0.372. The predicted octanol–water partition coefficient (Wildman–Crippen LogP) is 2.72. The standard InChI is InChI=1S/C3H3N2.2CF3.Cu/c1-2-4-5-3-1;2*2-1(3)4;/h1-3H;;;/q3*-1;. The van der Waals surface area contributed by atoms with Gasteiger partial charge in [0.1, 0.15) is 0 Å². The fraction of sp³-hybridized carbons (Fsp3) is 0. The van der Waals surface area contributed by atoms with Crippen LogP contribution in [0.5, 0.6) is 0 Å². The smallest absolute Gasteiger partial charge is 0.154 e.